The lowest BCUT2D eigenvalue weighted by atomic mass is 10.2. The van der Waals surface area contributed by atoms with E-state index in [4.69, 9.17) is 11.6 Å². The molecule has 1 aromatic heterocycles. The molecular weight excluding hydrogens is 172 g/mol. The number of hydrogen-bond acceptors (Lipinski definition) is 1. The smallest absolute Gasteiger partial charge is 0.149 e. The SMILES string of the molecule is CC(Cl)c1c(F)cncc1F. The molecule has 1 aromatic rings. The van der Waals surface area contributed by atoms with Crippen molar-refractivity contribution in [3.8, 4) is 0 Å². The van der Waals surface area contributed by atoms with Crippen LogP contribution in [0.5, 0.6) is 0 Å². The molecule has 0 aromatic carbocycles. The van der Waals surface area contributed by atoms with Crippen LogP contribution < -0.4 is 0 Å². The van der Waals surface area contributed by atoms with E-state index in [9.17, 15) is 8.78 Å². The van der Waals surface area contributed by atoms with Crippen LogP contribution in [0.25, 0.3) is 0 Å². The van der Waals surface area contributed by atoms with Gasteiger partial charge < -0.3 is 0 Å². The molecular formula is C7H6ClF2N. The second-order valence-corrected chi connectivity index (χ2v) is 2.79. The molecule has 0 saturated carbocycles. The van der Waals surface area contributed by atoms with Gasteiger partial charge in [0.25, 0.3) is 0 Å². The third-order valence-corrected chi connectivity index (χ3v) is 1.51. The maximum atomic E-state index is 12.7. The molecule has 0 saturated heterocycles. The molecule has 0 N–H and O–H groups in total. The number of pyridine rings is 1. The van der Waals surface area contributed by atoms with Gasteiger partial charge in [-0.1, -0.05) is 0 Å². The van der Waals surface area contributed by atoms with E-state index in [1.807, 2.05) is 0 Å². The van der Waals surface area contributed by atoms with E-state index in [0.717, 1.165) is 12.4 Å². The lowest BCUT2D eigenvalue weighted by Gasteiger charge is -2.04. The second-order valence-electron chi connectivity index (χ2n) is 2.13. The summed E-state index contributed by atoms with van der Waals surface area (Å²) >= 11 is 5.51. The molecule has 0 radical (unpaired) electrons. The maximum absolute atomic E-state index is 12.7. The van der Waals surface area contributed by atoms with Gasteiger partial charge in [-0.05, 0) is 6.92 Å². The van der Waals surface area contributed by atoms with E-state index in [0.29, 0.717) is 0 Å². The van der Waals surface area contributed by atoms with Crippen LogP contribution in [-0.2, 0) is 0 Å². The van der Waals surface area contributed by atoms with Gasteiger partial charge in [0, 0.05) is 5.56 Å². The summed E-state index contributed by atoms with van der Waals surface area (Å²) in [6, 6.07) is 0. The Labute approximate surface area is 68.0 Å². The first-order valence-corrected chi connectivity index (χ1v) is 3.49. The fraction of sp³-hybridized carbons (Fsp3) is 0.286. The van der Waals surface area contributed by atoms with Crippen LogP contribution in [0.3, 0.4) is 0 Å². The highest BCUT2D eigenvalue weighted by atomic mass is 35.5. The Bertz CT molecular complexity index is 242. The van der Waals surface area contributed by atoms with Crippen LogP contribution in [0, 0.1) is 11.6 Å². The van der Waals surface area contributed by atoms with Gasteiger partial charge in [0.1, 0.15) is 11.6 Å². The molecule has 0 aliphatic rings. The van der Waals surface area contributed by atoms with Crippen molar-refractivity contribution < 1.29 is 8.78 Å². The maximum Gasteiger partial charge on any atom is 0.149 e. The minimum Gasteiger partial charge on any atom is -0.259 e. The van der Waals surface area contributed by atoms with Crippen molar-refractivity contribution in [3.63, 3.8) is 0 Å². The number of alkyl halides is 1. The number of halogens is 3. The number of nitrogens with zero attached hydrogens (tertiary/aromatic N) is 1. The second kappa shape index (κ2) is 3.13. The Morgan fingerprint density at radius 2 is 1.82 bits per heavy atom. The van der Waals surface area contributed by atoms with Crippen LogP contribution in [0.15, 0.2) is 12.4 Å². The van der Waals surface area contributed by atoms with E-state index in [1.165, 1.54) is 6.92 Å². The van der Waals surface area contributed by atoms with Crippen LogP contribution >= 0.6 is 11.6 Å². The molecule has 1 unspecified atom stereocenters. The Balaban J connectivity index is 3.21. The minimum atomic E-state index is -0.701. The summed E-state index contributed by atoms with van der Waals surface area (Å²) in [5.41, 5.74) is -0.123. The fourth-order valence-electron chi connectivity index (χ4n) is 0.801. The van der Waals surface area contributed by atoms with Crippen molar-refractivity contribution in [1.29, 1.82) is 0 Å². The molecule has 11 heavy (non-hydrogen) atoms. The summed E-state index contributed by atoms with van der Waals surface area (Å²) < 4.78 is 25.4. The van der Waals surface area contributed by atoms with Crippen molar-refractivity contribution >= 4 is 11.6 Å². The topological polar surface area (TPSA) is 12.9 Å². The molecule has 0 fully saturated rings. The molecule has 1 heterocycles. The van der Waals surface area contributed by atoms with Crippen molar-refractivity contribution in [2.45, 2.75) is 12.3 Å². The summed E-state index contributed by atoms with van der Waals surface area (Å²) in [6.45, 7) is 1.50. The highest BCUT2D eigenvalue weighted by molar-refractivity contribution is 6.20. The van der Waals surface area contributed by atoms with Gasteiger partial charge in [-0.2, -0.15) is 0 Å². The summed E-state index contributed by atoms with van der Waals surface area (Å²) in [7, 11) is 0. The van der Waals surface area contributed by atoms with Gasteiger partial charge in [0.15, 0.2) is 0 Å². The third kappa shape index (κ3) is 1.66. The van der Waals surface area contributed by atoms with E-state index >= 15 is 0 Å². The molecule has 1 nitrogen and oxygen atoms in total. The average molecular weight is 178 g/mol. The number of hydrogen-bond donors (Lipinski definition) is 0. The van der Waals surface area contributed by atoms with E-state index in [1.54, 1.807) is 0 Å². The predicted molar refractivity (Wildman–Crippen MR) is 38.4 cm³/mol. The van der Waals surface area contributed by atoms with E-state index in [2.05, 4.69) is 4.98 Å². The standard InChI is InChI=1S/C7H6ClF2N/c1-4(8)7-5(9)2-11-3-6(7)10/h2-4H,1H3. The Morgan fingerprint density at radius 1 is 1.36 bits per heavy atom. The molecule has 1 atom stereocenters. The first-order chi connectivity index (χ1) is 5.13. The lowest BCUT2D eigenvalue weighted by Crippen LogP contribution is -1.96. The zero-order valence-electron chi connectivity index (χ0n) is 5.81. The normalized spacial score (nSPS) is 13.1. The molecule has 1 rings (SSSR count). The summed E-state index contributed by atoms with van der Waals surface area (Å²) in [6.07, 6.45) is 1.88. The molecule has 0 aliphatic heterocycles. The van der Waals surface area contributed by atoms with Crippen LogP contribution in [0.2, 0.25) is 0 Å². The lowest BCUT2D eigenvalue weighted by molar-refractivity contribution is 0.546. The zero-order chi connectivity index (χ0) is 8.43. The first kappa shape index (κ1) is 8.40. The number of aromatic nitrogens is 1. The van der Waals surface area contributed by atoms with Gasteiger partial charge >= 0.3 is 0 Å². The monoisotopic (exact) mass is 177 g/mol. The minimum absolute atomic E-state index is 0.123. The summed E-state index contributed by atoms with van der Waals surface area (Å²) in [5, 5.41) is -0.669. The zero-order valence-corrected chi connectivity index (χ0v) is 6.57. The van der Waals surface area contributed by atoms with Crippen LogP contribution in [0.1, 0.15) is 17.9 Å². The molecule has 4 heteroatoms. The van der Waals surface area contributed by atoms with Gasteiger partial charge in [-0.3, -0.25) is 4.98 Å². The Kier molecular flexibility index (Phi) is 2.39. The van der Waals surface area contributed by atoms with Gasteiger partial charge in [0.2, 0.25) is 0 Å². The first-order valence-electron chi connectivity index (χ1n) is 3.06. The van der Waals surface area contributed by atoms with Crippen molar-refractivity contribution in [1.82, 2.24) is 4.98 Å². The molecule has 0 aliphatic carbocycles. The van der Waals surface area contributed by atoms with Gasteiger partial charge in [-0.15, -0.1) is 11.6 Å². The average Bonchev–Trinajstić information content (AvgIpc) is 1.85. The van der Waals surface area contributed by atoms with Crippen LogP contribution in [-0.4, -0.2) is 4.98 Å². The Morgan fingerprint density at radius 3 is 2.09 bits per heavy atom. The van der Waals surface area contributed by atoms with Crippen molar-refractivity contribution in [2.75, 3.05) is 0 Å². The van der Waals surface area contributed by atoms with E-state index < -0.39 is 17.0 Å². The largest absolute Gasteiger partial charge is 0.259 e. The third-order valence-electron chi connectivity index (χ3n) is 1.29. The predicted octanol–water partition coefficient (Wildman–Crippen LogP) is 2.66. The summed E-state index contributed by atoms with van der Waals surface area (Å²) in [5.74, 6) is -1.40. The van der Waals surface area contributed by atoms with Gasteiger partial charge in [0.05, 0.1) is 17.8 Å². The van der Waals surface area contributed by atoms with Crippen molar-refractivity contribution in [3.05, 3.63) is 29.6 Å². The summed E-state index contributed by atoms with van der Waals surface area (Å²) in [4.78, 5) is 3.32. The highest BCUT2D eigenvalue weighted by Crippen LogP contribution is 2.23. The molecule has 0 bridgehead atoms. The fourth-order valence-corrected chi connectivity index (χ4v) is 1.01. The van der Waals surface area contributed by atoms with Crippen molar-refractivity contribution in [2.24, 2.45) is 0 Å². The highest BCUT2D eigenvalue weighted by Gasteiger charge is 2.13. The quantitative estimate of drug-likeness (QED) is 0.601. The van der Waals surface area contributed by atoms with Crippen LogP contribution in [0.4, 0.5) is 8.78 Å². The molecule has 0 amide bonds. The number of rotatable bonds is 1. The Hall–Kier alpha value is -0.700. The van der Waals surface area contributed by atoms with E-state index in [-0.39, 0.29) is 5.56 Å². The van der Waals surface area contributed by atoms with Gasteiger partial charge in [-0.25, -0.2) is 8.78 Å². The molecule has 0 spiro atoms. The molecule has 60 valence electrons.